The first-order chi connectivity index (χ1) is 15.7. The highest BCUT2D eigenvalue weighted by Gasteiger charge is 2.31. The molecule has 0 bridgehead atoms. The van der Waals surface area contributed by atoms with E-state index in [1.165, 1.54) is 5.56 Å². The van der Waals surface area contributed by atoms with Gasteiger partial charge >= 0.3 is 0 Å². The molecule has 1 fully saturated rings. The Bertz CT molecular complexity index is 1250. The van der Waals surface area contributed by atoms with Crippen LogP contribution in [0.1, 0.15) is 51.8 Å². The first-order valence-electron chi connectivity index (χ1n) is 11.6. The van der Waals surface area contributed by atoms with Crippen molar-refractivity contribution >= 4 is 16.7 Å². The smallest absolute Gasteiger partial charge is 0.252 e. The lowest BCUT2D eigenvalue weighted by atomic mass is 9.87. The van der Waals surface area contributed by atoms with Gasteiger partial charge in [0.1, 0.15) is 29.1 Å². The minimum absolute atomic E-state index is 0.0747. The van der Waals surface area contributed by atoms with Gasteiger partial charge in [0.05, 0.1) is 11.2 Å². The van der Waals surface area contributed by atoms with Gasteiger partial charge in [0.25, 0.3) is 5.56 Å². The van der Waals surface area contributed by atoms with Crippen molar-refractivity contribution in [1.29, 1.82) is 5.26 Å². The molecule has 3 aromatic rings. The first kappa shape index (κ1) is 22.8. The number of nitriles is 1. The van der Waals surface area contributed by atoms with Crippen LogP contribution in [0.25, 0.3) is 11.0 Å². The zero-order valence-electron chi connectivity index (χ0n) is 20.1. The van der Waals surface area contributed by atoms with Gasteiger partial charge in [-0.2, -0.15) is 5.26 Å². The molecule has 0 aliphatic carbocycles. The van der Waals surface area contributed by atoms with Crippen LogP contribution in [0.2, 0.25) is 0 Å². The lowest BCUT2D eigenvalue weighted by Crippen LogP contribution is -2.46. The fourth-order valence-corrected chi connectivity index (χ4v) is 4.60. The second kappa shape index (κ2) is 8.90. The molecular formula is C27H32N4O2. The zero-order chi connectivity index (χ0) is 23.8. The van der Waals surface area contributed by atoms with Crippen LogP contribution in [0, 0.1) is 17.2 Å². The number of aromatic nitrogens is 2. The topological polar surface area (TPSA) is 71.2 Å². The number of nitrogens with zero attached hydrogens (tertiary/aromatic N) is 4. The van der Waals surface area contributed by atoms with E-state index in [2.05, 4.69) is 67.9 Å². The fraction of sp³-hybridized carbons (Fsp3) is 0.444. The van der Waals surface area contributed by atoms with E-state index in [4.69, 9.17) is 4.74 Å². The maximum atomic E-state index is 12.6. The van der Waals surface area contributed by atoms with Crippen molar-refractivity contribution in [3.05, 3.63) is 64.1 Å². The molecule has 6 heteroatoms. The van der Waals surface area contributed by atoms with Crippen LogP contribution in [0.5, 0.6) is 5.75 Å². The van der Waals surface area contributed by atoms with E-state index in [0.29, 0.717) is 17.1 Å². The number of hydrogen-bond donors (Lipinski definition) is 0. The van der Waals surface area contributed by atoms with Crippen molar-refractivity contribution in [2.45, 2.75) is 52.1 Å². The molecule has 172 valence electrons. The Morgan fingerprint density at radius 3 is 2.55 bits per heavy atom. The van der Waals surface area contributed by atoms with E-state index < -0.39 is 0 Å². The maximum absolute atomic E-state index is 12.6. The van der Waals surface area contributed by atoms with E-state index in [1.54, 1.807) is 29.8 Å². The number of rotatable bonds is 4. The number of anilines is 1. The van der Waals surface area contributed by atoms with Crippen molar-refractivity contribution in [2.24, 2.45) is 13.0 Å². The second-order valence-electron chi connectivity index (χ2n) is 9.94. The average molecular weight is 445 g/mol. The summed E-state index contributed by atoms with van der Waals surface area (Å²) in [5.74, 6) is 1.22. The van der Waals surface area contributed by atoms with Gasteiger partial charge in [-0.15, -0.1) is 0 Å². The van der Waals surface area contributed by atoms with Gasteiger partial charge < -0.3 is 14.2 Å². The number of fused-ring (bicyclic) bond motifs is 1. The molecule has 0 radical (unpaired) electrons. The van der Waals surface area contributed by atoms with Gasteiger partial charge in [0, 0.05) is 38.5 Å². The van der Waals surface area contributed by atoms with Gasteiger partial charge in [-0.1, -0.05) is 39.8 Å². The van der Waals surface area contributed by atoms with E-state index >= 15 is 0 Å². The van der Waals surface area contributed by atoms with Crippen molar-refractivity contribution < 1.29 is 4.74 Å². The van der Waals surface area contributed by atoms with Crippen molar-refractivity contribution in [3.8, 4) is 11.8 Å². The molecule has 1 aromatic carbocycles. The Hall–Kier alpha value is -3.33. The predicted molar refractivity (Wildman–Crippen MR) is 132 cm³/mol. The molecular weight excluding hydrogens is 412 g/mol. The summed E-state index contributed by atoms with van der Waals surface area (Å²) in [6.45, 7) is 10.4. The standard InChI is InChI=1S/C27H32N4O2/c1-6-18-17-31(14-13-24(18)33-21-10-7-19(8-11-21)27(2,3)4)23-15-25(32)30(5)22-12-9-20(16-28)29-26(22)23/h7-12,15,18,24H,6,13-14,17H2,1-5H3/t18?,24-/m0/s1. The molecule has 0 saturated carbocycles. The van der Waals surface area contributed by atoms with Crippen LogP contribution in [-0.4, -0.2) is 28.7 Å². The Kier molecular flexibility index (Phi) is 6.16. The van der Waals surface area contributed by atoms with Gasteiger partial charge in [-0.3, -0.25) is 4.79 Å². The monoisotopic (exact) mass is 444 g/mol. The number of pyridine rings is 2. The molecule has 0 spiro atoms. The summed E-state index contributed by atoms with van der Waals surface area (Å²) in [6, 6.07) is 15.7. The summed E-state index contributed by atoms with van der Waals surface area (Å²) in [6.07, 6.45) is 1.95. The molecule has 1 aliphatic rings. The normalized spacial score (nSPS) is 18.8. The van der Waals surface area contributed by atoms with E-state index in [9.17, 15) is 10.1 Å². The SMILES string of the molecule is CCC1CN(c2cc(=O)n(C)c3ccc(C#N)nc23)CC[C@@H]1Oc1ccc(C(C)(C)C)cc1. The Balaban J connectivity index is 1.58. The zero-order valence-corrected chi connectivity index (χ0v) is 20.1. The summed E-state index contributed by atoms with van der Waals surface area (Å²) in [5.41, 5.74) is 3.92. The highest BCUT2D eigenvalue weighted by Crippen LogP contribution is 2.32. The van der Waals surface area contributed by atoms with Crippen LogP contribution in [0.4, 0.5) is 5.69 Å². The van der Waals surface area contributed by atoms with Crippen LogP contribution >= 0.6 is 0 Å². The van der Waals surface area contributed by atoms with Crippen molar-refractivity contribution in [1.82, 2.24) is 9.55 Å². The summed E-state index contributed by atoms with van der Waals surface area (Å²) >= 11 is 0. The lowest BCUT2D eigenvalue weighted by molar-refractivity contribution is 0.110. The quantitative estimate of drug-likeness (QED) is 0.579. The largest absolute Gasteiger partial charge is 0.490 e. The molecule has 2 atom stereocenters. The molecule has 2 aromatic heterocycles. The molecule has 0 amide bonds. The second-order valence-corrected chi connectivity index (χ2v) is 9.94. The Morgan fingerprint density at radius 1 is 1.18 bits per heavy atom. The van der Waals surface area contributed by atoms with Gasteiger partial charge in [-0.25, -0.2) is 4.98 Å². The van der Waals surface area contributed by atoms with Crippen molar-refractivity contribution in [3.63, 3.8) is 0 Å². The maximum Gasteiger partial charge on any atom is 0.252 e. The van der Waals surface area contributed by atoms with Gasteiger partial charge in [0.2, 0.25) is 0 Å². The summed E-state index contributed by atoms with van der Waals surface area (Å²) in [4.78, 5) is 19.4. The van der Waals surface area contributed by atoms with Crippen LogP contribution in [-0.2, 0) is 12.5 Å². The fourth-order valence-electron chi connectivity index (χ4n) is 4.60. The number of hydrogen-bond acceptors (Lipinski definition) is 5. The van der Waals surface area contributed by atoms with Gasteiger partial charge in [0.15, 0.2) is 0 Å². The predicted octanol–water partition coefficient (Wildman–Crippen LogP) is 4.79. The molecule has 6 nitrogen and oxygen atoms in total. The van der Waals surface area contributed by atoms with Crippen LogP contribution < -0.4 is 15.2 Å². The van der Waals surface area contributed by atoms with E-state index in [-0.39, 0.29) is 17.1 Å². The molecule has 0 N–H and O–H groups in total. The summed E-state index contributed by atoms with van der Waals surface area (Å²) < 4.78 is 8.01. The number of benzene rings is 1. The molecule has 3 heterocycles. The third kappa shape index (κ3) is 4.59. The number of aryl methyl sites for hydroxylation is 1. The molecule has 4 rings (SSSR count). The first-order valence-corrected chi connectivity index (χ1v) is 11.6. The molecule has 1 saturated heterocycles. The molecule has 1 unspecified atom stereocenters. The average Bonchev–Trinajstić information content (AvgIpc) is 2.81. The molecule has 33 heavy (non-hydrogen) atoms. The lowest BCUT2D eigenvalue weighted by Gasteiger charge is -2.39. The van der Waals surface area contributed by atoms with Crippen molar-refractivity contribution in [2.75, 3.05) is 18.0 Å². The molecule has 1 aliphatic heterocycles. The minimum Gasteiger partial charge on any atom is -0.490 e. The highest BCUT2D eigenvalue weighted by atomic mass is 16.5. The highest BCUT2D eigenvalue weighted by molar-refractivity contribution is 5.88. The van der Waals surface area contributed by atoms with Crippen LogP contribution in [0.15, 0.2) is 47.3 Å². The third-order valence-corrected chi connectivity index (χ3v) is 6.72. The minimum atomic E-state index is -0.0747. The summed E-state index contributed by atoms with van der Waals surface area (Å²) in [5, 5.41) is 9.33. The third-order valence-electron chi connectivity index (χ3n) is 6.72. The van der Waals surface area contributed by atoms with Gasteiger partial charge in [-0.05, 0) is 41.7 Å². The van der Waals surface area contributed by atoms with E-state index in [0.717, 1.165) is 42.9 Å². The summed E-state index contributed by atoms with van der Waals surface area (Å²) in [7, 11) is 1.74. The Morgan fingerprint density at radius 2 is 1.91 bits per heavy atom. The Labute approximate surface area is 195 Å². The van der Waals surface area contributed by atoms with Crippen LogP contribution in [0.3, 0.4) is 0 Å². The van der Waals surface area contributed by atoms with E-state index in [1.807, 2.05) is 0 Å². The number of piperidine rings is 1. The number of ether oxygens (including phenoxy) is 1.